The van der Waals surface area contributed by atoms with Gasteiger partial charge in [-0.2, -0.15) is 0 Å². The molecule has 0 unspecified atom stereocenters. The summed E-state index contributed by atoms with van der Waals surface area (Å²) in [5.74, 6) is -6.86. The Morgan fingerprint density at radius 1 is 0.731 bits per heavy atom. The molecule has 26 heavy (non-hydrogen) atoms. The second-order valence-corrected chi connectivity index (χ2v) is 5.19. The van der Waals surface area contributed by atoms with Gasteiger partial charge in [-0.05, 0) is 24.3 Å². The lowest BCUT2D eigenvalue weighted by molar-refractivity contribution is -0.177. The Kier molecular flexibility index (Phi) is 5.69. The van der Waals surface area contributed by atoms with Gasteiger partial charge in [0.2, 0.25) is 0 Å². The predicted molar refractivity (Wildman–Crippen MR) is 86.5 cm³/mol. The molecule has 8 nitrogen and oxygen atoms in total. The standard InChI is InChI=1S/C18H14O8/c19-14(20)11-18(15(21)22,16(23)25-12-7-3-1-4-8-12)17(24)26-13-9-5-2-6-10-13/h1-10H,11H2,(H,19,20)(H,21,22). The minimum atomic E-state index is -3.06. The van der Waals surface area contributed by atoms with Crippen LogP contribution >= 0.6 is 0 Å². The summed E-state index contributed by atoms with van der Waals surface area (Å²) in [4.78, 5) is 47.9. The van der Waals surface area contributed by atoms with Gasteiger partial charge >= 0.3 is 23.9 Å². The minimum absolute atomic E-state index is 0.0407. The molecule has 0 saturated heterocycles. The lowest BCUT2D eigenvalue weighted by Gasteiger charge is -2.23. The van der Waals surface area contributed by atoms with Crippen LogP contribution in [0, 0.1) is 5.41 Å². The number of carboxylic acid groups (broad SMARTS) is 2. The van der Waals surface area contributed by atoms with E-state index < -0.39 is 35.7 Å². The van der Waals surface area contributed by atoms with Crippen LogP contribution in [0.15, 0.2) is 60.7 Å². The fourth-order valence-electron chi connectivity index (χ4n) is 2.07. The summed E-state index contributed by atoms with van der Waals surface area (Å²) in [5.41, 5.74) is -3.06. The summed E-state index contributed by atoms with van der Waals surface area (Å²) in [7, 11) is 0. The van der Waals surface area contributed by atoms with E-state index in [0.29, 0.717) is 0 Å². The summed E-state index contributed by atoms with van der Waals surface area (Å²) >= 11 is 0. The van der Waals surface area contributed by atoms with Crippen molar-refractivity contribution in [3.05, 3.63) is 60.7 Å². The molecule has 0 aliphatic heterocycles. The highest BCUT2D eigenvalue weighted by Gasteiger charge is 2.58. The van der Waals surface area contributed by atoms with Crippen molar-refractivity contribution in [2.75, 3.05) is 0 Å². The topological polar surface area (TPSA) is 127 Å². The quantitative estimate of drug-likeness (QED) is 0.435. The molecule has 0 aliphatic rings. The summed E-state index contributed by atoms with van der Waals surface area (Å²) in [6.45, 7) is 0. The highest BCUT2D eigenvalue weighted by molar-refractivity contribution is 6.20. The Hall–Kier alpha value is -3.68. The van der Waals surface area contributed by atoms with Crippen LogP contribution in [0.25, 0.3) is 0 Å². The van der Waals surface area contributed by atoms with Gasteiger partial charge in [-0.15, -0.1) is 0 Å². The molecule has 134 valence electrons. The first-order chi connectivity index (χ1) is 12.4. The van der Waals surface area contributed by atoms with Crippen molar-refractivity contribution in [1.29, 1.82) is 0 Å². The minimum Gasteiger partial charge on any atom is -0.481 e. The first-order valence-electron chi connectivity index (χ1n) is 7.36. The number of ether oxygens (including phenoxy) is 2. The second-order valence-electron chi connectivity index (χ2n) is 5.19. The molecule has 0 spiro atoms. The van der Waals surface area contributed by atoms with E-state index in [1.54, 1.807) is 12.1 Å². The van der Waals surface area contributed by atoms with E-state index >= 15 is 0 Å². The molecule has 0 bridgehead atoms. The number of benzene rings is 2. The van der Waals surface area contributed by atoms with E-state index in [2.05, 4.69) is 0 Å². The van der Waals surface area contributed by atoms with Gasteiger partial charge in [0, 0.05) is 0 Å². The maximum Gasteiger partial charge on any atom is 0.341 e. The van der Waals surface area contributed by atoms with Crippen molar-refractivity contribution in [3.63, 3.8) is 0 Å². The number of para-hydroxylation sites is 2. The van der Waals surface area contributed by atoms with Gasteiger partial charge in [0.05, 0.1) is 6.42 Å². The van der Waals surface area contributed by atoms with Gasteiger partial charge < -0.3 is 19.7 Å². The third kappa shape index (κ3) is 4.04. The maximum atomic E-state index is 12.5. The Labute approximate surface area is 147 Å². The number of aliphatic carboxylic acids is 2. The highest BCUT2D eigenvalue weighted by Crippen LogP contribution is 2.29. The molecule has 0 heterocycles. The molecule has 0 saturated carbocycles. The number of esters is 2. The molecule has 2 N–H and O–H groups in total. The van der Waals surface area contributed by atoms with Crippen LogP contribution < -0.4 is 9.47 Å². The zero-order chi connectivity index (χ0) is 19.2. The zero-order valence-corrected chi connectivity index (χ0v) is 13.3. The predicted octanol–water partition coefficient (Wildman–Crippen LogP) is 1.74. The van der Waals surface area contributed by atoms with Crippen LogP contribution in [0.1, 0.15) is 6.42 Å². The van der Waals surface area contributed by atoms with Gasteiger partial charge in [0.25, 0.3) is 5.41 Å². The van der Waals surface area contributed by atoms with Crippen LogP contribution in [0.2, 0.25) is 0 Å². The van der Waals surface area contributed by atoms with Crippen molar-refractivity contribution in [2.45, 2.75) is 6.42 Å². The fraction of sp³-hybridized carbons (Fsp3) is 0.111. The molecular formula is C18H14O8. The lowest BCUT2D eigenvalue weighted by Crippen LogP contribution is -2.52. The SMILES string of the molecule is O=C(O)CC(C(=O)O)(C(=O)Oc1ccccc1)C(=O)Oc1ccccc1. The first kappa shape index (κ1) is 18.7. The molecule has 2 aromatic rings. The smallest absolute Gasteiger partial charge is 0.341 e. The third-order valence-corrected chi connectivity index (χ3v) is 3.39. The second kappa shape index (κ2) is 7.93. The number of carboxylic acids is 2. The Morgan fingerprint density at radius 3 is 1.42 bits per heavy atom. The van der Waals surface area contributed by atoms with E-state index in [1.165, 1.54) is 48.5 Å². The highest BCUT2D eigenvalue weighted by atomic mass is 16.6. The van der Waals surface area contributed by atoms with Crippen molar-refractivity contribution in [2.24, 2.45) is 5.41 Å². The van der Waals surface area contributed by atoms with Crippen molar-refractivity contribution >= 4 is 23.9 Å². The summed E-state index contributed by atoms with van der Waals surface area (Å²) in [6, 6.07) is 14.7. The van der Waals surface area contributed by atoms with Crippen LogP contribution in [0.3, 0.4) is 0 Å². The lowest BCUT2D eigenvalue weighted by atomic mass is 9.84. The molecule has 2 aromatic carbocycles. The van der Waals surface area contributed by atoms with E-state index in [4.69, 9.17) is 14.6 Å². The normalized spacial score (nSPS) is 10.6. The fourth-order valence-corrected chi connectivity index (χ4v) is 2.07. The van der Waals surface area contributed by atoms with Crippen LogP contribution in [-0.4, -0.2) is 34.1 Å². The molecule has 0 radical (unpaired) electrons. The van der Waals surface area contributed by atoms with Crippen molar-refractivity contribution < 1.29 is 38.9 Å². The Balaban J connectivity index is 2.40. The van der Waals surface area contributed by atoms with E-state index in [-0.39, 0.29) is 11.5 Å². The summed E-state index contributed by atoms with van der Waals surface area (Å²) < 4.78 is 9.83. The number of carbonyl (C=O) groups is 4. The zero-order valence-electron chi connectivity index (χ0n) is 13.3. The third-order valence-electron chi connectivity index (χ3n) is 3.39. The summed E-state index contributed by atoms with van der Waals surface area (Å²) in [5, 5.41) is 18.6. The maximum absolute atomic E-state index is 12.5. The van der Waals surface area contributed by atoms with Crippen LogP contribution in [-0.2, 0) is 19.2 Å². The monoisotopic (exact) mass is 358 g/mol. The molecule has 0 aromatic heterocycles. The molecule has 0 aliphatic carbocycles. The van der Waals surface area contributed by atoms with Gasteiger partial charge in [0.1, 0.15) is 11.5 Å². The molecule has 8 heteroatoms. The summed E-state index contributed by atoms with van der Waals surface area (Å²) in [6.07, 6.45) is -1.33. The van der Waals surface area contributed by atoms with Gasteiger partial charge in [-0.3, -0.25) is 9.59 Å². The molecule has 0 amide bonds. The molecule has 0 atom stereocenters. The average molecular weight is 358 g/mol. The van der Waals surface area contributed by atoms with Crippen LogP contribution in [0.4, 0.5) is 0 Å². The van der Waals surface area contributed by atoms with Crippen molar-refractivity contribution in [3.8, 4) is 11.5 Å². The molecular weight excluding hydrogens is 344 g/mol. The van der Waals surface area contributed by atoms with E-state index in [9.17, 15) is 24.3 Å². The number of hydrogen-bond donors (Lipinski definition) is 2. The number of rotatable bonds is 7. The molecule has 0 fully saturated rings. The average Bonchev–Trinajstić information content (AvgIpc) is 2.60. The number of carbonyl (C=O) groups excluding carboxylic acids is 2. The van der Waals surface area contributed by atoms with Gasteiger partial charge in [-0.25, -0.2) is 9.59 Å². The first-order valence-corrected chi connectivity index (χ1v) is 7.36. The molecule has 2 rings (SSSR count). The van der Waals surface area contributed by atoms with Crippen LogP contribution in [0.5, 0.6) is 11.5 Å². The number of hydrogen-bond acceptors (Lipinski definition) is 6. The van der Waals surface area contributed by atoms with Crippen molar-refractivity contribution in [1.82, 2.24) is 0 Å². The Bertz CT molecular complexity index is 760. The van der Waals surface area contributed by atoms with Gasteiger partial charge in [0.15, 0.2) is 0 Å². The largest absolute Gasteiger partial charge is 0.481 e. The Morgan fingerprint density at radius 2 is 1.12 bits per heavy atom. The van der Waals surface area contributed by atoms with E-state index in [0.717, 1.165) is 0 Å². The van der Waals surface area contributed by atoms with E-state index in [1.807, 2.05) is 0 Å². The van der Waals surface area contributed by atoms with Gasteiger partial charge in [-0.1, -0.05) is 36.4 Å².